The standard InChI is InChI=1S/C19H21N3O3S3/c1-11-8-14(9-17(13(11)3)28(24,25)22(4)5)18(23)21-19-20-15(10-26-19)16-7-6-12(2)27-16/h6-10H,1-5H3,(H,20,21,23). The van der Waals surface area contributed by atoms with Crippen LogP contribution in [0.4, 0.5) is 5.13 Å². The smallest absolute Gasteiger partial charge is 0.257 e. The average molecular weight is 436 g/mol. The van der Waals surface area contributed by atoms with E-state index in [1.165, 1.54) is 36.4 Å². The number of amides is 1. The molecule has 0 saturated carbocycles. The van der Waals surface area contributed by atoms with Gasteiger partial charge in [0.15, 0.2) is 5.13 Å². The maximum Gasteiger partial charge on any atom is 0.257 e. The number of carbonyl (C=O) groups is 1. The number of hydrogen-bond acceptors (Lipinski definition) is 6. The van der Waals surface area contributed by atoms with Crippen molar-refractivity contribution in [2.75, 3.05) is 19.4 Å². The minimum atomic E-state index is -3.65. The Hall–Kier alpha value is -2.07. The van der Waals surface area contributed by atoms with Gasteiger partial charge >= 0.3 is 0 Å². The number of hydrogen-bond donors (Lipinski definition) is 1. The van der Waals surface area contributed by atoms with Gasteiger partial charge in [0.05, 0.1) is 15.5 Å². The van der Waals surface area contributed by atoms with Crippen molar-refractivity contribution in [1.82, 2.24) is 9.29 Å². The molecule has 2 heterocycles. The Balaban J connectivity index is 1.89. The highest BCUT2D eigenvalue weighted by Gasteiger charge is 2.23. The molecule has 0 saturated heterocycles. The molecule has 0 unspecified atom stereocenters. The van der Waals surface area contributed by atoms with Gasteiger partial charge in [-0.3, -0.25) is 10.1 Å². The summed E-state index contributed by atoms with van der Waals surface area (Å²) in [5.74, 6) is -0.387. The molecule has 3 aromatic rings. The lowest BCUT2D eigenvalue weighted by Crippen LogP contribution is -2.24. The fraction of sp³-hybridized carbons (Fsp3) is 0.263. The minimum Gasteiger partial charge on any atom is -0.298 e. The van der Waals surface area contributed by atoms with Crippen molar-refractivity contribution in [3.63, 3.8) is 0 Å². The van der Waals surface area contributed by atoms with Gasteiger partial charge in [0.1, 0.15) is 0 Å². The third kappa shape index (κ3) is 4.02. The predicted molar refractivity (Wildman–Crippen MR) is 115 cm³/mol. The molecular formula is C19H21N3O3S3. The topological polar surface area (TPSA) is 79.4 Å². The Kier molecular flexibility index (Phi) is 5.72. The lowest BCUT2D eigenvalue weighted by Gasteiger charge is -2.16. The summed E-state index contributed by atoms with van der Waals surface area (Å²) in [5.41, 5.74) is 2.47. The van der Waals surface area contributed by atoms with E-state index in [1.54, 1.807) is 31.3 Å². The summed E-state index contributed by atoms with van der Waals surface area (Å²) in [6.45, 7) is 5.56. The third-order valence-electron chi connectivity index (χ3n) is 4.36. The maximum absolute atomic E-state index is 12.7. The van der Waals surface area contributed by atoms with Crippen LogP contribution in [-0.4, -0.2) is 37.7 Å². The number of aromatic nitrogens is 1. The van der Waals surface area contributed by atoms with E-state index in [1.807, 2.05) is 24.4 Å². The van der Waals surface area contributed by atoms with Crippen LogP contribution in [0.25, 0.3) is 10.6 Å². The fourth-order valence-corrected chi connectivity index (χ4v) is 5.43. The monoisotopic (exact) mass is 435 g/mol. The van der Waals surface area contributed by atoms with E-state index in [9.17, 15) is 13.2 Å². The summed E-state index contributed by atoms with van der Waals surface area (Å²) in [5, 5.41) is 5.14. The van der Waals surface area contributed by atoms with Crippen molar-refractivity contribution < 1.29 is 13.2 Å². The zero-order valence-electron chi connectivity index (χ0n) is 16.2. The first-order valence-electron chi connectivity index (χ1n) is 8.47. The quantitative estimate of drug-likeness (QED) is 0.648. The molecule has 0 bridgehead atoms. The van der Waals surface area contributed by atoms with Gasteiger partial charge in [-0.2, -0.15) is 0 Å². The molecule has 1 aromatic carbocycles. The van der Waals surface area contributed by atoms with Gasteiger partial charge in [0.25, 0.3) is 5.91 Å². The largest absolute Gasteiger partial charge is 0.298 e. The molecule has 0 aliphatic carbocycles. The zero-order valence-corrected chi connectivity index (χ0v) is 18.7. The van der Waals surface area contributed by atoms with Crippen LogP contribution in [0.15, 0.2) is 34.5 Å². The summed E-state index contributed by atoms with van der Waals surface area (Å²) >= 11 is 2.98. The number of nitrogens with zero attached hydrogens (tertiary/aromatic N) is 2. The Morgan fingerprint density at radius 2 is 1.86 bits per heavy atom. The third-order valence-corrected chi connectivity index (χ3v) is 8.08. The SMILES string of the molecule is Cc1ccc(-c2csc(NC(=O)c3cc(C)c(C)c(S(=O)(=O)N(C)C)c3)n2)s1. The first-order chi connectivity index (χ1) is 13.1. The molecule has 0 spiro atoms. The number of nitrogens with one attached hydrogen (secondary N) is 1. The highest BCUT2D eigenvalue weighted by atomic mass is 32.2. The molecule has 28 heavy (non-hydrogen) atoms. The predicted octanol–water partition coefficient (Wildman–Crippen LogP) is 4.30. The number of carbonyl (C=O) groups excluding carboxylic acids is 1. The van der Waals surface area contributed by atoms with Crippen molar-refractivity contribution in [2.24, 2.45) is 0 Å². The Morgan fingerprint density at radius 3 is 2.46 bits per heavy atom. The van der Waals surface area contributed by atoms with Crippen LogP contribution in [0.3, 0.4) is 0 Å². The summed E-state index contributed by atoms with van der Waals surface area (Å²) in [4.78, 5) is 19.6. The van der Waals surface area contributed by atoms with Crippen molar-refractivity contribution >= 4 is 43.7 Å². The molecule has 2 aromatic heterocycles. The Morgan fingerprint density at radius 1 is 1.14 bits per heavy atom. The van der Waals surface area contributed by atoms with Gasteiger partial charge in [-0.25, -0.2) is 17.7 Å². The molecule has 1 N–H and O–H groups in total. The van der Waals surface area contributed by atoms with Gasteiger partial charge in [-0.15, -0.1) is 22.7 Å². The molecule has 148 valence electrons. The Labute approximate surface area is 172 Å². The van der Waals surface area contributed by atoms with Gasteiger partial charge in [0.2, 0.25) is 10.0 Å². The molecule has 6 nitrogen and oxygen atoms in total. The molecule has 1 amide bonds. The fourth-order valence-electron chi connectivity index (χ4n) is 2.61. The van der Waals surface area contributed by atoms with E-state index in [4.69, 9.17) is 0 Å². The second-order valence-corrected chi connectivity index (χ2v) is 10.9. The zero-order chi connectivity index (χ0) is 20.6. The molecule has 0 aliphatic heterocycles. The molecule has 3 rings (SSSR count). The number of rotatable bonds is 5. The molecule has 9 heteroatoms. The van der Waals surface area contributed by atoms with Crippen LogP contribution >= 0.6 is 22.7 Å². The van der Waals surface area contributed by atoms with Crippen LogP contribution in [0, 0.1) is 20.8 Å². The van der Waals surface area contributed by atoms with Crippen LogP contribution < -0.4 is 5.32 Å². The van der Waals surface area contributed by atoms with E-state index in [0.29, 0.717) is 10.7 Å². The van der Waals surface area contributed by atoms with Crippen molar-refractivity contribution in [3.8, 4) is 10.6 Å². The number of aryl methyl sites for hydroxylation is 2. The van der Waals surface area contributed by atoms with Gasteiger partial charge < -0.3 is 0 Å². The summed E-state index contributed by atoms with van der Waals surface area (Å²) < 4.78 is 26.3. The highest BCUT2D eigenvalue weighted by molar-refractivity contribution is 7.89. The first kappa shape index (κ1) is 20.7. The second kappa shape index (κ2) is 7.75. The van der Waals surface area contributed by atoms with E-state index in [2.05, 4.69) is 10.3 Å². The molecule has 0 radical (unpaired) electrons. The number of benzene rings is 1. The summed E-state index contributed by atoms with van der Waals surface area (Å²) in [7, 11) is -0.702. The summed E-state index contributed by atoms with van der Waals surface area (Å²) in [6.07, 6.45) is 0. The minimum absolute atomic E-state index is 0.136. The molecule has 0 fully saturated rings. The normalized spacial score (nSPS) is 11.8. The van der Waals surface area contributed by atoms with Crippen molar-refractivity contribution in [3.05, 3.63) is 51.2 Å². The van der Waals surface area contributed by atoms with E-state index >= 15 is 0 Å². The Bertz CT molecular complexity index is 1140. The maximum atomic E-state index is 12.7. The van der Waals surface area contributed by atoms with Gasteiger partial charge in [0, 0.05) is 29.9 Å². The molecule has 0 aliphatic rings. The number of anilines is 1. The second-order valence-electron chi connectivity index (χ2n) is 6.61. The van der Waals surface area contributed by atoms with E-state index in [-0.39, 0.29) is 16.4 Å². The van der Waals surface area contributed by atoms with Gasteiger partial charge in [-0.05, 0) is 56.2 Å². The highest BCUT2D eigenvalue weighted by Crippen LogP contribution is 2.31. The van der Waals surface area contributed by atoms with Crippen LogP contribution in [0.5, 0.6) is 0 Å². The first-order valence-corrected chi connectivity index (χ1v) is 11.6. The van der Waals surface area contributed by atoms with Crippen molar-refractivity contribution in [1.29, 1.82) is 0 Å². The van der Waals surface area contributed by atoms with Gasteiger partial charge in [-0.1, -0.05) is 0 Å². The lowest BCUT2D eigenvalue weighted by atomic mass is 10.1. The van der Waals surface area contributed by atoms with Crippen LogP contribution in [-0.2, 0) is 10.0 Å². The molecular weight excluding hydrogens is 414 g/mol. The number of thiazole rings is 1. The average Bonchev–Trinajstić information content (AvgIpc) is 3.25. The lowest BCUT2D eigenvalue weighted by molar-refractivity contribution is 0.102. The number of sulfonamides is 1. The van der Waals surface area contributed by atoms with E-state index < -0.39 is 10.0 Å². The van der Waals surface area contributed by atoms with E-state index in [0.717, 1.165) is 20.4 Å². The number of thiophene rings is 1. The molecule has 0 atom stereocenters. The van der Waals surface area contributed by atoms with Crippen LogP contribution in [0.2, 0.25) is 0 Å². The van der Waals surface area contributed by atoms with Crippen LogP contribution in [0.1, 0.15) is 26.4 Å². The summed E-state index contributed by atoms with van der Waals surface area (Å²) in [6, 6.07) is 7.14. The van der Waals surface area contributed by atoms with Crippen molar-refractivity contribution in [2.45, 2.75) is 25.7 Å².